The number of fused-ring (bicyclic) bond motifs is 1. The summed E-state index contributed by atoms with van der Waals surface area (Å²) in [6.45, 7) is 4.32. The van der Waals surface area contributed by atoms with Crippen LogP contribution in [0.2, 0.25) is 0 Å². The highest BCUT2D eigenvalue weighted by molar-refractivity contribution is 7.89. The lowest BCUT2D eigenvalue weighted by Crippen LogP contribution is -2.45. The highest BCUT2D eigenvalue weighted by atomic mass is 32.2. The Balaban J connectivity index is 1.87. The molecule has 2 aliphatic rings. The Morgan fingerprint density at radius 3 is 2.73 bits per heavy atom. The van der Waals surface area contributed by atoms with Crippen LogP contribution in [0.15, 0.2) is 23.1 Å². The lowest BCUT2D eigenvalue weighted by Gasteiger charge is -2.31. The van der Waals surface area contributed by atoms with Crippen molar-refractivity contribution in [2.45, 2.75) is 30.8 Å². The van der Waals surface area contributed by atoms with Crippen LogP contribution < -0.4 is 9.47 Å². The molecule has 0 spiro atoms. The highest BCUT2D eigenvalue weighted by Crippen LogP contribution is 2.33. The Kier molecular flexibility index (Phi) is 4.56. The molecule has 1 fully saturated rings. The van der Waals surface area contributed by atoms with E-state index in [0.717, 1.165) is 12.8 Å². The maximum atomic E-state index is 12.8. The molecule has 2 aliphatic heterocycles. The molecule has 1 aromatic rings. The van der Waals surface area contributed by atoms with Crippen molar-refractivity contribution in [1.29, 1.82) is 0 Å². The van der Waals surface area contributed by atoms with Gasteiger partial charge in [0.1, 0.15) is 0 Å². The van der Waals surface area contributed by atoms with E-state index < -0.39 is 10.0 Å². The average Bonchev–Trinajstić information content (AvgIpc) is 2.79. The minimum Gasteiger partial charge on any atom is -0.490 e. The average molecular weight is 327 g/mol. The van der Waals surface area contributed by atoms with Gasteiger partial charge in [-0.15, -0.1) is 0 Å². The minimum atomic E-state index is -3.53. The molecule has 0 amide bonds. The van der Waals surface area contributed by atoms with E-state index in [-0.39, 0.29) is 11.0 Å². The third-order valence-corrected chi connectivity index (χ3v) is 5.77. The second-order valence-corrected chi connectivity index (χ2v) is 7.36. The van der Waals surface area contributed by atoms with E-state index in [0.29, 0.717) is 44.4 Å². The quantitative estimate of drug-likeness (QED) is 0.844. The zero-order chi connectivity index (χ0) is 15.6. The van der Waals surface area contributed by atoms with Crippen molar-refractivity contribution in [2.75, 3.05) is 32.9 Å². The predicted molar refractivity (Wildman–Crippen MR) is 80.8 cm³/mol. The van der Waals surface area contributed by atoms with Crippen molar-refractivity contribution in [3.8, 4) is 11.5 Å². The maximum Gasteiger partial charge on any atom is 0.243 e. The molecule has 1 atom stereocenters. The fraction of sp³-hybridized carbons (Fsp3) is 0.600. The largest absolute Gasteiger partial charge is 0.490 e. The van der Waals surface area contributed by atoms with Crippen molar-refractivity contribution < 1.29 is 22.6 Å². The van der Waals surface area contributed by atoms with E-state index >= 15 is 0 Å². The van der Waals surface area contributed by atoms with Crippen LogP contribution in [0.4, 0.5) is 0 Å². The van der Waals surface area contributed by atoms with Gasteiger partial charge in [0.2, 0.25) is 10.0 Å². The van der Waals surface area contributed by atoms with Gasteiger partial charge < -0.3 is 14.2 Å². The maximum absolute atomic E-state index is 12.8. The van der Waals surface area contributed by atoms with Gasteiger partial charge in [0.05, 0.1) is 30.8 Å². The summed E-state index contributed by atoms with van der Waals surface area (Å²) in [6, 6.07) is 4.82. The van der Waals surface area contributed by atoms with Gasteiger partial charge in [-0.25, -0.2) is 8.42 Å². The van der Waals surface area contributed by atoms with Crippen LogP contribution in [0, 0.1) is 0 Å². The van der Waals surface area contributed by atoms with Gasteiger partial charge in [0.25, 0.3) is 0 Å². The van der Waals surface area contributed by atoms with E-state index in [1.165, 1.54) is 4.31 Å². The van der Waals surface area contributed by atoms with E-state index in [9.17, 15) is 8.42 Å². The molecule has 6 nitrogen and oxygen atoms in total. The summed E-state index contributed by atoms with van der Waals surface area (Å²) in [5, 5.41) is 0. The molecule has 1 unspecified atom stereocenters. The first kappa shape index (κ1) is 15.6. The molecule has 122 valence electrons. The first-order chi connectivity index (χ1) is 10.6. The number of benzene rings is 1. The Morgan fingerprint density at radius 2 is 1.95 bits per heavy atom. The molecule has 2 heterocycles. The van der Waals surface area contributed by atoms with Crippen LogP contribution in [-0.4, -0.2) is 51.7 Å². The van der Waals surface area contributed by atoms with Gasteiger partial charge in [-0.1, -0.05) is 6.92 Å². The lowest BCUT2D eigenvalue weighted by atomic mass is 10.2. The fourth-order valence-electron chi connectivity index (χ4n) is 2.61. The summed E-state index contributed by atoms with van der Waals surface area (Å²) in [6.07, 6.45) is 1.55. The van der Waals surface area contributed by atoms with Crippen molar-refractivity contribution in [3.05, 3.63) is 18.2 Å². The third kappa shape index (κ3) is 3.06. The van der Waals surface area contributed by atoms with Crippen LogP contribution >= 0.6 is 0 Å². The molecule has 1 saturated heterocycles. The number of hydrogen-bond acceptors (Lipinski definition) is 5. The van der Waals surface area contributed by atoms with Crippen LogP contribution in [-0.2, 0) is 14.8 Å². The standard InChI is InChI=1S/C15H21NO5S/c1-2-12-11-16(6-9-19-12)22(17,18)13-4-5-14-15(10-13)21-8-3-7-20-14/h4-5,10,12H,2-3,6-9,11H2,1H3. The van der Waals surface area contributed by atoms with E-state index in [1.54, 1.807) is 18.2 Å². The van der Waals surface area contributed by atoms with Gasteiger partial charge in [-0.05, 0) is 18.6 Å². The second kappa shape index (κ2) is 6.44. The van der Waals surface area contributed by atoms with Crippen molar-refractivity contribution in [1.82, 2.24) is 4.31 Å². The molecular weight excluding hydrogens is 306 g/mol. The van der Waals surface area contributed by atoms with Crippen LogP contribution in [0.3, 0.4) is 0 Å². The van der Waals surface area contributed by atoms with E-state index in [4.69, 9.17) is 14.2 Å². The Bertz CT molecular complexity index is 631. The number of nitrogens with zero attached hydrogens (tertiary/aromatic N) is 1. The van der Waals surface area contributed by atoms with E-state index in [1.807, 2.05) is 6.92 Å². The van der Waals surface area contributed by atoms with Crippen LogP contribution in [0.1, 0.15) is 19.8 Å². The molecule has 0 bridgehead atoms. The number of ether oxygens (including phenoxy) is 3. The Labute approximate surface area is 131 Å². The van der Waals surface area contributed by atoms with Gasteiger partial charge >= 0.3 is 0 Å². The molecule has 3 rings (SSSR count). The molecular formula is C15H21NO5S. The summed E-state index contributed by atoms with van der Waals surface area (Å²) in [5.41, 5.74) is 0. The normalized spacial score (nSPS) is 23.0. The van der Waals surface area contributed by atoms with E-state index in [2.05, 4.69) is 0 Å². The summed E-state index contributed by atoms with van der Waals surface area (Å²) in [7, 11) is -3.53. The molecule has 0 aromatic heterocycles. The van der Waals surface area contributed by atoms with Gasteiger partial charge in [0, 0.05) is 25.6 Å². The first-order valence-corrected chi connectivity index (χ1v) is 9.06. The zero-order valence-corrected chi connectivity index (χ0v) is 13.5. The van der Waals surface area contributed by atoms with Crippen molar-refractivity contribution in [3.63, 3.8) is 0 Å². The second-order valence-electron chi connectivity index (χ2n) is 5.42. The molecule has 0 N–H and O–H groups in total. The van der Waals surface area contributed by atoms with Crippen molar-refractivity contribution >= 4 is 10.0 Å². The fourth-order valence-corrected chi connectivity index (χ4v) is 4.08. The first-order valence-electron chi connectivity index (χ1n) is 7.62. The smallest absolute Gasteiger partial charge is 0.243 e. The molecule has 22 heavy (non-hydrogen) atoms. The lowest BCUT2D eigenvalue weighted by molar-refractivity contribution is -0.00278. The summed E-state index contributed by atoms with van der Waals surface area (Å²) in [5.74, 6) is 1.10. The Hall–Kier alpha value is -1.31. The molecule has 0 saturated carbocycles. The van der Waals surface area contributed by atoms with Crippen LogP contribution in [0.25, 0.3) is 0 Å². The molecule has 0 radical (unpaired) electrons. The number of hydrogen-bond donors (Lipinski definition) is 0. The minimum absolute atomic E-state index is 0.0380. The number of sulfonamides is 1. The molecule has 1 aromatic carbocycles. The summed E-state index contributed by atoms with van der Waals surface area (Å²) >= 11 is 0. The van der Waals surface area contributed by atoms with Gasteiger partial charge in [-0.2, -0.15) is 4.31 Å². The van der Waals surface area contributed by atoms with Crippen LogP contribution in [0.5, 0.6) is 11.5 Å². The molecule has 7 heteroatoms. The topological polar surface area (TPSA) is 65.1 Å². The Morgan fingerprint density at radius 1 is 1.18 bits per heavy atom. The highest BCUT2D eigenvalue weighted by Gasteiger charge is 2.31. The SMILES string of the molecule is CCC1CN(S(=O)(=O)c2ccc3c(c2)OCCCO3)CCO1. The summed E-state index contributed by atoms with van der Waals surface area (Å²) < 4.78 is 43.7. The number of morpholine rings is 1. The van der Waals surface area contributed by atoms with Gasteiger partial charge in [-0.3, -0.25) is 0 Å². The predicted octanol–water partition coefficient (Wildman–Crippen LogP) is 1.65. The van der Waals surface area contributed by atoms with Crippen molar-refractivity contribution in [2.24, 2.45) is 0 Å². The zero-order valence-electron chi connectivity index (χ0n) is 12.7. The number of rotatable bonds is 3. The van der Waals surface area contributed by atoms with Gasteiger partial charge in [0.15, 0.2) is 11.5 Å². The summed E-state index contributed by atoms with van der Waals surface area (Å²) in [4.78, 5) is 0.244. The molecule has 0 aliphatic carbocycles. The monoisotopic (exact) mass is 327 g/mol. The third-order valence-electron chi connectivity index (χ3n) is 3.91.